The van der Waals surface area contributed by atoms with Gasteiger partial charge in [-0.3, -0.25) is 0 Å². The van der Waals surface area contributed by atoms with E-state index in [9.17, 15) is 67.0 Å². The van der Waals surface area contributed by atoms with E-state index in [-0.39, 0.29) is 0 Å². The molecule has 0 bridgehead atoms. The zero-order valence-electron chi connectivity index (χ0n) is 13.7. The Kier molecular flexibility index (Phi) is 7.36. The predicted octanol–water partition coefficient (Wildman–Crippen LogP) is 2.80. The predicted molar refractivity (Wildman–Crippen MR) is 59.8 cm³/mol. The number of rotatable bonds is 5. The number of carbonyl (C=O) groups excluding carboxylic acids is 1. The van der Waals surface area contributed by atoms with Gasteiger partial charge in [0.25, 0.3) is 0 Å². The van der Waals surface area contributed by atoms with Gasteiger partial charge < -0.3 is 14.4 Å². The third-order valence-corrected chi connectivity index (χ3v) is 2.19. The molecule has 0 N–H and O–H groups in total. The number of carboxylic acid groups (broad SMARTS) is 1. The van der Waals surface area contributed by atoms with E-state index in [0.717, 1.165) is 4.48 Å². The van der Waals surface area contributed by atoms with E-state index < -0.39 is 41.8 Å². The molecule has 3 nitrogen and oxygen atoms in total. The third-order valence-electron chi connectivity index (χ3n) is 2.19. The molecule has 0 spiro atoms. The van der Waals surface area contributed by atoms with Gasteiger partial charge in [-0.05, 0) is 0 Å². The van der Waals surface area contributed by atoms with Gasteiger partial charge in [-0.2, -0.15) is 57.1 Å². The van der Waals surface area contributed by atoms with Gasteiger partial charge in [0.15, 0.2) is 0 Å². The summed E-state index contributed by atoms with van der Waals surface area (Å²) in [6.07, 6.45) is -7.53. The normalized spacial score (nSPS) is 15.1. The highest BCUT2D eigenvalue weighted by Gasteiger charge is 2.90. The summed E-state index contributed by atoms with van der Waals surface area (Å²) in [7, 11) is 8.50. The maximum absolute atomic E-state index is 12.6. The van der Waals surface area contributed by atoms with E-state index in [2.05, 4.69) is 28.2 Å². The molecule has 164 valence electrons. The molecule has 27 heavy (non-hydrogen) atoms. The molecule has 0 saturated heterocycles. The number of carboxylic acids is 1. The Labute approximate surface area is 142 Å². The van der Waals surface area contributed by atoms with Crippen molar-refractivity contribution in [3.63, 3.8) is 0 Å². The summed E-state index contributed by atoms with van der Waals surface area (Å²) in [5, 5.41) is 9.56. The fourth-order valence-electron chi connectivity index (χ4n) is 0.898. The Morgan fingerprint density at radius 3 is 1.00 bits per heavy atom. The molecule has 0 amide bonds. The van der Waals surface area contributed by atoms with Crippen LogP contribution < -0.4 is 5.11 Å². The van der Waals surface area contributed by atoms with Crippen LogP contribution in [0.3, 0.4) is 0 Å². The molecule has 0 heterocycles. The largest absolute Gasteiger partial charge is 0.544 e. The van der Waals surface area contributed by atoms with Crippen molar-refractivity contribution in [3.8, 4) is 0 Å². The van der Waals surface area contributed by atoms with Gasteiger partial charge in [-0.25, -0.2) is 0 Å². The van der Waals surface area contributed by atoms with Gasteiger partial charge in [0.2, 0.25) is 0 Å². The molecular formula is C11H12F13NO2. The lowest BCUT2D eigenvalue weighted by Gasteiger charge is -2.39. The SMILES string of the molecule is C[N+](C)(C)C.O=C([O-])C(F)(F)C(F)(F)C(F)(F)C(F)(F)C(F)(F)C(F)(F)F. The Hall–Kier alpha value is -1.48. The Bertz CT molecular complexity index is 527. The number of hydrogen-bond donors (Lipinski definition) is 0. The van der Waals surface area contributed by atoms with Crippen molar-refractivity contribution in [1.29, 1.82) is 0 Å². The van der Waals surface area contributed by atoms with Gasteiger partial charge in [0, 0.05) is 0 Å². The van der Waals surface area contributed by atoms with Crippen molar-refractivity contribution < 1.29 is 71.5 Å². The van der Waals surface area contributed by atoms with Gasteiger partial charge in [0.1, 0.15) is 5.97 Å². The summed E-state index contributed by atoms with van der Waals surface area (Å²) in [4.78, 5) is 9.56. The fraction of sp³-hybridized carbons (Fsp3) is 0.909. The summed E-state index contributed by atoms with van der Waals surface area (Å²) in [6.45, 7) is 0. The van der Waals surface area contributed by atoms with E-state index in [1.54, 1.807) is 0 Å². The van der Waals surface area contributed by atoms with Crippen molar-refractivity contribution in [2.75, 3.05) is 28.2 Å². The average Bonchev–Trinajstić information content (AvgIpc) is 2.33. The van der Waals surface area contributed by atoms with E-state index in [0.29, 0.717) is 0 Å². The molecule has 0 saturated carbocycles. The van der Waals surface area contributed by atoms with Crippen molar-refractivity contribution >= 4 is 5.97 Å². The van der Waals surface area contributed by atoms with Crippen molar-refractivity contribution in [2.45, 2.75) is 35.8 Å². The second-order valence-electron chi connectivity index (χ2n) is 6.34. The molecule has 0 atom stereocenters. The number of halogens is 13. The average molecular weight is 437 g/mol. The number of alkyl halides is 13. The van der Waals surface area contributed by atoms with Crippen molar-refractivity contribution in [3.05, 3.63) is 0 Å². The topological polar surface area (TPSA) is 40.1 Å². The van der Waals surface area contributed by atoms with Crippen LogP contribution in [0.4, 0.5) is 57.1 Å². The van der Waals surface area contributed by atoms with Crippen molar-refractivity contribution in [2.24, 2.45) is 0 Å². The molecular weight excluding hydrogens is 425 g/mol. The number of carbonyl (C=O) groups is 1. The zero-order chi connectivity index (χ0) is 23.1. The third kappa shape index (κ3) is 5.07. The Morgan fingerprint density at radius 1 is 0.593 bits per heavy atom. The number of nitrogens with zero attached hydrogens (tertiary/aromatic N) is 1. The maximum Gasteiger partial charge on any atom is 0.460 e. The van der Waals surface area contributed by atoms with Crippen LogP contribution in [-0.4, -0.2) is 74.4 Å². The molecule has 0 aliphatic carbocycles. The van der Waals surface area contributed by atoms with Crippen LogP contribution >= 0.6 is 0 Å². The first-order valence-electron chi connectivity index (χ1n) is 6.15. The van der Waals surface area contributed by atoms with Gasteiger partial charge >= 0.3 is 35.8 Å². The summed E-state index contributed by atoms with van der Waals surface area (Å²) in [6, 6.07) is 0. The Morgan fingerprint density at radius 2 is 0.815 bits per heavy atom. The monoisotopic (exact) mass is 437 g/mol. The first kappa shape index (κ1) is 27.7. The quantitative estimate of drug-likeness (QED) is 0.491. The highest BCUT2D eigenvalue weighted by Crippen LogP contribution is 2.60. The molecule has 0 aromatic carbocycles. The molecule has 16 heteroatoms. The van der Waals surface area contributed by atoms with Crippen LogP contribution in [0.15, 0.2) is 0 Å². The summed E-state index contributed by atoms with van der Waals surface area (Å²) >= 11 is 0. The molecule has 0 radical (unpaired) electrons. The van der Waals surface area contributed by atoms with Gasteiger partial charge in [-0.1, -0.05) is 0 Å². The summed E-state index contributed by atoms with van der Waals surface area (Å²) < 4.78 is 160. The molecule has 0 aromatic rings. The minimum Gasteiger partial charge on any atom is -0.544 e. The summed E-state index contributed by atoms with van der Waals surface area (Å²) in [5.74, 6) is -43.5. The van der Waals surface area contributed by atoms with Crippen LogP contribution in [0.2, 0.25) is 0 Å². The number of hydrogen-bond acceptors (Lipinski definition) is 2. The zero-order valence-corrected chi connectivity index (χ0v) is 13.7. The Balaban J connectivity index is 0. The maximum atomic E-state index is 12.6. The molecule has 0 aromatic heterocycles. The van der Waals surface area contributed by atoms with E-state index in [4.69, 9.17) is 0 Å². The highest BCUT2D eigenvalue weighted by molar-refractivity contribution is 5.75. The fourth-order valence-corrected chi connectivity index (χ4v) is 0.898. The standard InChI is InChI=1S/C7HF13O2.C4H12N/c8-2(9,1(21)22)3(10,11)4(12,13)5(14,15)6(16,17)7(18,19)20;1-5(2,3)4/h(H,21,22);1-4H3/q;+1/p-1. The van der Waals surface area contributed by atoms with Crippen LogP contribution in [0.25, 0.3) is 0 Å². The lowest BCUT2D eigenvalue weighted by molar-refractivity contribution is -0.849. The van der Waals surface area contributed by atoms with E-state index in [1.807, 2.05) is 0 Å². The highest BCUT2D eigenvalue weighted by atomic mass is 19.4. The number of aliphatic carboxylic acids is 1. The number of quaternary nitrogens is 1. The van der Waals surface area contributed by atoms with Crippen LogP contribution in [0, 0.1) is 0 Å². The minimum absolute atomic E-state index is 1.00. The second-order valence-corrected chi connectivity index (χ2v) is 6.34. The van der Waals surface area contributed by atoms with E-state index in [1.165, 1.54) is 0 Å². The molecule has 0 unspecified atom stereocenters. The van der Waals surface area contributed by atoms with Crippen molar-refractivity contribution in [1.82, 2.24) is 0 Å². The second kappa shape index (κ2) is 7.16. The molecule has 0 aliphatic rings. The lowest BCUT2D eigenvalue weighted by atomic mass is 9.94. The van der Waals surface area contributed by atoms with Gasteiger partial charge in [-0.15, -0.1) is 0 Å². The minimum atomic E-state index is -8.11. The lowest BCUT2D eigenvalue weighted by Crippen LogP contribution is -2.72. The van der Waals surface area contributed by atoms with Crippen LogP contribution in [0.1, 0.15) is 0 Å². The first-order chi connectivity index (χ1) is 11.2. The van der Waals surface area contributed by atoms with Gasteiger partial charge in [0.05, 0.1) is 28.2 Å². The molecule has 0 fully saturated rings. The van der Waals surface area contributed by atoms with Crippen LogP contribution in [-0.2, 0) is 4.79 Å². The smallest absolute Gasteiger partial charge is 0.460 e. The first-order valence-corrected chi connectivity index (χ1v) is 6.15. The molecule has 0 aliphatic heterocycles. The summed E-state index contributed by atoms with van der Waals surface area (Å²) in [5.41, 5.74) is 0. The van der Waals surface area contributed by atoms with E-state index >= 15 is 0 Å². The van der Waals surface area contributed by atoms with Crippen LogP contribution in [0.5, 0.6) is 0 Å². The molecule has 0 rings (SSSR count).